The fraction of sp³-hybridized carbons (Fsp3) is 0.357. The van der Waals surface area contributed by atoms with Crippen LogP contribution in [0.25, 0.3) is 0 Å². The lowest BCUT2D eigenvalue weighted by atomic mass is 10.1. The van der Waals surface area contributed by atoms with Crippen molar-refractivity contribution >= 4 is 11.6 Å². The maximum Gasteiger partial charge on any atom is 0.179 e. The van der Waals surface area contributed by atoms with Crippen molar-refractivity contribution in [1.29, 1.82) is 0 Å². The SMILES string of the molecule is CC(NCc1cc(Cl)c2c(c1)OCCO2)c1cn[nH]c1. The van der Waals surface area contributed by atoms with Gasteiger partial charge in [0.15, 0.2) is 11.5 Å². The highest BCUT2D eigenvalue weighted by atomic mass is 35.5. The van der Waals surface area contributed by atoms with Gasteiger partial charge in [-0.3, -0.25) is 5.10 Å². The Morgan fingerprint density at radius 3 is 3.05 bits per heavy atom. The minimum atomic E-state index is 0.209. The molecule has 0 spiro atoms. The third kappa shape index (κ3) is 2.73. The van der Waals surface area contributed by atoms with Crippen LogP contribution in [-0.4, -0.2) is 23.4 Å². The van der Waals surface area contributed by atoms with E-state index >= 15 is 0 Å². The van der Waals surface area contributed by atoms with Gasteiger partial charge < -0.3 is 14.8 Å². The number of ether oxygens (including phenoxy) is 2. The van der Waals surface area contributed by atoms with Crippen molar-refractivity contribution in [3.63, 3.8) is 0 Å². The second-order valence-corrected chi connectivity index (χ2v) is 5.14. The third-order valence-corrected chi connectivity index (χ3v) is 3.57. The monoisotopic (exact) mass is 293 g/mol. The molecule has 1 aromatic carbocycles. The van der Waals surface area contributed by atoms with Crippen molar-refractivity contribution in [1.82, 2.24) is 15.5 Å². The molecule has 2 heterocycles. The number of rotatable bonds is 4. The van der Waals surface area contributed by atoms with E-state index < -0.39 is 0 Å². The highest BCUT2D eigenvalue weighted by Crippen LogP contribution is 2.38. The lowest BCUT2D eigenvalue weighted by molar-refractivity contribution is 0.171. The van der Waals surface area contributed by atoms with Gasteiger partial charge in [0.05, 0.1) is 11.2 Å². The summed E-state index contributed by atoms with van der Waals surface area (Å²) in [5, 5.41) is 10.8. The molecule has 0 amide bonds. The molecule has 106 valence electrons. The van der Waals surface area contributed by atoms with Crippen LogP contribution in [-0.2, 0) is 6.54 Å². The number of halogens is 1. The summed E-state index contributed by atoms with van der Waals surface area (Å²) in [4.78, 5) is 0. The smallest absolute Gasteiger partial charge is 0.179 e. The predicted octanol–water partition coefficient (Wildman–Crippen LogP) is 2.69. The van der Waals surface area contributed by atoms with E-state index in [9.17, 15) is 0 Å². The van der Waals surface area contributed by atoms with Gasteiger partial charge in [0, 0.05) is 24.3 Å². The van der Waals surface area contributed by atoms with Crippen LogP contribution >= 0.6 is 11.6 Å². The largest absolute Gasteiger partial charge is 0.486 e. The Morgan fingerprint density at radius 1 is 1.40 bits per heavy atom. The molecule has 0 aliphatic carbocycles. The number of nitrogens with one attached hydrogen (secondary N) is 2. The van der Waals surface area contributed by atoms with Crippen LogP contribution in [0.2, 0.25) is 5.02 Å². The minimum absolute atomic E-state index is 0.209. The third-order valence-electron chi connectivity index (χ3n) is 3.29. The van der Waals surface area contributed by atoms with E-state index in [1.54, 1.807) is 0 Å². The van der Waals surface area contributed by atoms with Crippen molar-refractivity contribution < 1.29 is 9.47 Å². The zero-order valence-corrected chi connectivity index (χ0v) is 11.9. The number of nitrogens with zero attached hydrogens (tertiary/aromatic N) is 1. The molecule has 0 saturated carbocycles. The van der Waals surface area contributed by atoms with Crippen LogP contribution < -0.4 is 14.8 Å². The van der Waals surface area contributed by atoms with Gasteiger partial charge in [-0.2, -0.15) is 5.10 Å². The molecular formula is C14H16ClN3O2. The Balaban J connectivity index is 1.70. The highest BCUT2D eigenvalue weighted by Gasteiger charge is 2.17. The minimum Gasteiger partial charge on any atom is -0.486 e. The van der Waals surface area contributed by atoms with Gasteiger partial charge in [-0.05, 0) is 24.6 Å². The highest BCUT2D eigenvalue weighted by molar-refractivity contribution is 6.32. The molecular weight excluding hydrogens is 278 g/mol. The standard InChI is InChI=1S/C14H16ClN3O2/c1-9(11-7-17-18-8-11)16-6-10-4-12(15)14-13(5-10)19-2-3-20-14/h4-5,7-9,16H,2-3,6H2,1H3,(H,17,18). The normalized spacial score (nSPS) is 15.1. The zero-order valence-electron chi connectivity index (χ0n) is 11.1. The molecule has 2 aromatic rings. The Kier molecular flexibility index (Phi) is 3.80. The maximum atomic E-state index is 6.21. The van der Waals surface area contributed by atoms with E-state index in [2.05, 4.69) is 22.4 Å². The van der Waals surface area contributed by atoms with Gasteiger partial charge in [-0.15, -0.1) is 0 Å². The second kappa shape index (κ2) is 5.73. The summed E-state index contributed by atoms with van der Waals surface area (Å²) in [5.74, 6) is 1.36. The lowest BCUT2D eigenvalue weighted by Gasteiger charge is -2.21. The zero-order chi connectivity index (χ0) is 13.9. The summed E-state index contributed by atoms with van der Waals surface area (Å²) >= 11 is 6.21. The molecule has 0 radical (unpaired) electrons. The van der Waals surface area contributed by atoms with Gasteiger partial charge in [-0.1, -0.05) is 11.6 Å². The van der Waals surface area contributed by atoms with Gasteiger partial charge in [0.25, 0.3) is 0 Å². The van der Waals surface area contributed by atoms with Crippen LogP contribution in [0.5, 0.6) is 11.5 Å². The topological polar surface area (TPSA) is 59.2 Å². The van der Waals surface area contributed by atoms with Crippen molar-refractivity contribution in [3.8, 4) is 11.5 Å². The number of fused-ring (bicyclic) bond motifs is 1. The number of hydrogen-bond donors (Lipinski definition) is 2. The molecule has 0 fully saturated rings. The van der Waals surface area contributed by atoms with Gasteiger partial charge in [0.1, 0.15) is 13.2 Å². The van der Waals surface area contributed by atoms with Crippen LogP contribution in [0.1, 0.15) is 24.1 Å². The quantitative estimate of drug-likeness (QED) is 0.910. The van der Waals surface area contributed by atoms with Crippen molar-refractivity contribution in [2.24, 2.45) is 0 Å². The number of hydrogen-bond acceptors (Lipinski definition) is 4. The van der Waals surface area contributed by atoms with Crippen LogP contribution in [0, 0.1) is 0 Å². The lowest BCUT2D eigenvalue weighted by Crippen LogP contribution is -2.19. The molecule has 1 unspecified atom stereocenters. The van der Waals surface area contributed by atoms with E-state index in [0.29, 0.717) is 30.5 Å². The van der Waals surface area contributed by atoms with Gasteiger partial charge in [-0.25, -0.2) is 0 Å². The second-order valence-electron chi connectivity index (χ2n) is 4.74. The predicted molar refractivity (Wildman–Crippen MR) is 76.3 cm³/mol. The Hall–Kier alpha value is -1.72. The van der Waals surface area contributed by atoms with Crippen molar-refractivity contribution in [3.05, 3.63) is 40.7 Å². The van der Waals surface area contributed by atoms with Crippen LogP contribution in [0.3, 0.4) is 0 Å². The fourth-order valence-corrected chi connectivity index (χ4v) is 2.44. The number of benzene rings is 1. The molecule has 1 aromatic heterocycles. The Bertz CT molecular complexity index is 586. The molecule has 2 N–H and O–H groups in total. The molecule has 5 nitrogen and oxygen atoms in total. The first kappa shape index (κ1) is 13.3. The summed E-state index contributed by atoms with van der Waals surface area (Å²) < 4.78 is 11.1. The molecule has 0 bridgehead atoms. The van der Waals surface area contributed by atoms with Crippen molar-refractivity contribution in [2.45, 2.75) is 19.5 Å². The van der Waals surface area contributed by atoms with Crippen LogP contribution in [0.4, 0.5) is 0 Å². The van der Waals surface area contributed by atoms with Gasteiger partial charge in [0.2, 0.25) is 0 Å². The first-order valence-electron chi connectivity index (χ1n) is 6.54. The average molecular weight is 294 g/mol. The van der Waals surface area contributed by atoms with E-state index in [0.717, 1.165) is 16.9 Å². The summed E-state index contributed by atoms with van der Waals surface area (Å²) in [6, 6.07) is 4.08. The molecule has 1 aliphatic heterocycles. The number of H-pyrrole nitrogens is 1. The van der Waals surface area contributed by atoms with Gasteiger partial charge >= 0.3 is 0 Å². The molecule has 3 rings (SSSR count). The summed E-state index contributed by atoms with van der Waals surface area (Å²) in [6.45, 7) is 3.89. The summed E-state index contributed by atoms with van der Waals surface area (Å²) in [5.41, 5.74) is 2.18. The maximum absolute atomic E-state index is 6.21. The number of aromatic nitrogens is 2. The van der Waals surface area contributed by atoms with E-state index in [1.165, 1.54) is 0 Å². The Labute approximate surface area is 122 Å². The fourth-order valence-electron chi connectivity index (χ4n) is 2.15. The van der Waals surface area contributed by atoms with E-state index in [-0.39, 0.29) is 6.04 Å². The average Bonchev–Trinajstić information content (AvgIpc) is 2.99. The molecule has 20 heavy (non-hydrogen) atoms. The Morgan fingerprint density at radius 2 is 2.25 bits per heavy atom. The molecule has 0 saturated heterocycles. The molecule has 6 heteroatoms. The number of aromatic amines is 1. The van der Waals surface area contributed by atoms with E-state index in [1.807, 2.05) is 24.5 Å². The molecule has 1 aliphatic rings. The molecule has 1 atom stereocenters. The summed E-state index contributed by atoms with van der Waals surface area (Å²) in [7, 11) is 0. The van der Waals surface area contributed by atoms with E-state index in [4.69, 9.17) is 21.1 Å². The first-order valence-corrected chi connectivity index (χ1v) is 6.92. The summed E-state index contributed by atoms with van der Waals surface area (Å²) in [6.07, 6.45) is 3.70. The first-order chi connectivity index (χ1) is 9.74. The van der Waals surface area contributed by atoms with Crippen LogP contribution in [0.15, 0.2) is 24.5 Å². The van der Waals surface area contributed by atoms with Crippen molar-refractivity contribution in [2.75, 3.05) is 13.2 Å².